The number of hydrogen-bond donors (Lipinski definition) is 4. The van der Waals surface area contributed by atoms with Gasteiger partial charge in [-0.1, -0.05) is 41.6 Å². The first kappa shape index (κ1) is 28.4. The Balaban J connectivity index is 0.000000210. The molecule has 1 aliphatic heterocycles. The Hall–Kier alpha value is -4.57. The second-order valence-electron chi connectivity index (χ2n) is 9.42. The fourth-order valence-electron chi connectivity index (χ4n) is 4.66. The zero-order valence-corrected chi connectivity index (χ0v) is 22.9. The average molecular weight is 545 g/mol. The van der Waals surface area contributed by atoms with Crippen LogP contribution in [0.4, 0.5) is 5.69 Å². The maximum Gasteiger partial charge on any atom is 0.335 e. The van der Waals surface area contributed by atoms with Gasteiger partial charge in [0.05, 0.1) is 28.9 Å². The van der Waals surface area contributed by atoms with Crippen LogP contribution in [0.15, 0.2) is 71.9 Å². The molecule has 0 amide bonds. The highest BCUT2D eigenvalue weighted by atomic mass is 16.5. The Morgan fingerprint density at radius 2 is 1.75 bits per heavy atom. The maximum absolute atomic E-state index is 11.1. The van der Waals surface area contributed by atoms with Gasteiger partial charge in [0.1, 0.15) is 11.6 Å². The van der Waals surface area contributed by atoms with Crippen LogP contribution in [0.2, 0.25) is 0 Å². The third-order valence-corrected chi connectivity index (χ3v) is 6.84. The standard InChI is InChI=1S/C18H18N4O3.C12H18N2O/c1-22-15-8-7-13(18(23)24)10-14(15)20-16(22)9-4-11-2-5-12(6-3-11)17(19)21-25;1-2-15-12-6-4-3-5-11(12)14-9-7-13-8-10-14/h2-3,5-8,10,25H,4,9H2,1H3,(H2,19,21)(H,23,24);3-6,13H,2,7-10H2,1H3. The molecule has 5 rings (SSSR count). The van der Waals surface area contributed by atoms with Crippen molar-refractivity contribution in [3.05, 3.63) is 89.2 Å². The Labute approximate surface area is 233 Å². The SMILES string of the molecule is CCOc1ccccc1N1CCNCC1.Cn1c(CCc2ccc(C(N)=NO)cc2)nc2cc(C(=O)O)ccc21. The molecule has 10 nitrogen and oxygen atoms in total. The van der Waals surface area contributed by atoms with E-state index in [0.717, 1.165) is 68.3 Å². The van der Waals surface area contributed by atoms with E-state index in [-0.39, 0.29) is 11.4 Å². The zero-order valence-electron chi connectivity index (χ0n) is 22.9. The summed E-state index contributed by atoms with van der Waals surface area (Å²) in [6.07, 6.45) is 1.50. The van der Waals surface area contributed by atoms with Crippen LogP contribution in [0.1, 0.15) is 34.2 Å². The van der Waals surface area contributed by atoms with Gasteiger partial charge in [-0.05, 0) is 49.2 Å². The summed E-state index contributed by atoms with van der Waals surface area (Å²) in [5, 5.41) is 24.1. The van der Waals surface area contributed by atoms with E-state index in [1.54, 1.807) is 30.3 Å². The number of nitrogens with one attached hydrogen (secondary N) is 1. The number of aryl methyl sites for hydroxylation is 3. The number of carbonyl (C=O) groups is 1. The second-order valence-corrected chi connectivity index (χ2v) is 9.42. The molecule has 3 aromatic carbocycles. The highest BCUT2D eigenvalue weighted by molar-refractivity contribution is 5.97. The molecule has 1 aromatic heterocycles. The summed E-state index contributed by atoms with van der Waals surface area (Å²) >= 11 is 0. The molecule has 0 unspecified atom stereocenters. The lowest BCUT2D eigenvalue weighted by Gasteiger charge is -2.30. The van der Waals surface area contributed by atoms with Crippen molar-refractivity contribution >= 4 is 28.5 Å². The summed E-state index contributed by atoms with van der Waals surface area (Å²) in [5.41, 5.74) is 10.4. The number of benzene rings is 3. The number of imidazole rings is 1. The Morgan fingerprint density at radius 3 is 2.42 bits per heavy atom. The molecule has 210 valence electrons. The van der Waals surface area contributed by atoms with Crippen molar-refractivity contribution in [2.45, 2.75) is 19.8 Å². The number of carboxylic acids is 1. The number of piperazine rings is 1. The van der Waals surface area contributed by atoms with Crippen molar-refractivity contribution in [1.82, 2.24) is 14.9 Å². The molecule has 1 saturated heterocycles. The first-order valence-corrected chi connectivity index (χ1v) is 13.3. The predicted molar refractivity (Wildman–Crippen MR) is 157 cm³/mol. The van der Waals surface area contributed by atoms with Crippen molar-refractivity contribution in [2.75, 3.05) is 37.7 Å². The topological polar surface area (TPSA) is 138 Å². The molecule has 10 heteroatoms. The number of oxime groups is 1. The number of para-hydroxylation sites is 2. The van der Waals surface area contributed by atoms with E-state index in [1.807, 2.05) is 42.8 Å². The highest BCUT2D eigenvalue weighted by Crippen LogP contribution is 2.28. The number of aromatic nitrogens is 2. The lowest BCUT2D eigenvalue weighted by atomic mass is 10.1. The number of hydrogen-bond acceptors (Lipinski definition) is 7. The zero-order chi connectivity index (χ0) is 28.5. The number of anilines is 1. The lowest BCUT2D eigenvalue weighted by molar-refractivity contribution is 0.0697. The first-order valence-electron chi connectivity index (χ1n) is 13.3. The molecule has 5 N–H and O–H groups in total. The molecule has 0 bridgehead atoms. The minimum atomic E-state index is -0.958. The van der Waals surface area contributed by atoms with Crippen LogP contribution in [-0.2, 0) is 19.9 Å². The molecular weight excluding hydrogens is 508 g/mol. The molecule has 0 radical (unpaired) electrons. The van der Waals surface area contributed by atoms with E-state index in [1.165, 1.54) is 5.69 Å². The van der Waals surface area contributed by atoms with Gasteiger partial charge in [-0.2, -0.15) is 0 Å². The van der Waals surface area contributed by atoms with E-state index >= 15 is 0 Å². The van der Waals surface area contributed by atoms with Gasteiger partial charge in [0.25, 0.3) is 0 Å². The number of carboxylic acid groups (broad SMARTS) is 1. The molecule has 4 aromatic rings. The van der Waals surface area contributed by atoms with Crippen molar-refractivity contribution in [3.8, 4) is 5.75 Å². The fraction of sp³-hybridized carbons (Fsp3) is 0.300. The third-order valence-electron chi connectivity index (χ3n) is 6.84. The summed E-state index contributed by atoms with van der Waals surface area (Å²) in [5.74, 6) is 1.01. The monoisotopic (exact) mass is 544 g/mol. The third kappa shape index (κ3) is 6.89. The van der Waals surface area contributed by atoms with Crippen molar-refractivity contribution in [1.29, 1.82) is 0 Å². The number of rotatable bonds is 8. The molecule has 1 aliphatic rings. The maximum atomic E-state index is 11.1. The van der Waals surface area contributed by atoms with Crippen molar-refractivity contribution in [2.24, 2.45) is 17.9 Å². The Kier molecular flexibility index (Phi) is 9.58. The normalized spacial score (nSPS) is 13.6. The minimum Gasteiger partial charge on any atom is -0.492 e. The van der Waals surface area contributed by atoms with Gasteiger partial charge in [-0.15, -0.1) is 0 Å². The van der Waals surface area contributed by atoms with Crippen molar-refractivity contribution < 1.29 is 19.8 Å². The Morgan fingerprint density at radius 1 is 1.05 bits per heavy atom. The fourth-order valence-corrected chi connectivity index (χ4v) is 4.66. The van der Waals surface area contributed by atoms with Gasteiger partial charge in [0, 0.05) is 45.2 Å². The van der Waals surface area contributed by atoms with Crippen LogP contribution in [0.3, 0.4) is 0 Å². The molecule has 40 heavy (non-hydrogen) atoms. The van der Waals surface area contributed by atoms with Gasteiger partial charge < -0.3 is 35.6 Å². The predicted octanol–water partition coefficient (Wildman–Crippen LogP) is 3.65. The summed E-state index contributed by atoms with van der Waals surface area (Å²) < 4.78 is 7.61. The quantitative estimate of drug-likeness (QED) is 0.114. The summed E-state index contributed by atoms with van der Waals surface area (Å²) in [6.45, 7) is 6.98. The molecule has 0 saturated carbocycles. The number of ether oxygens (including phenoxy) is 1. The van der Waals surface area contributed by atoms with Crippen LogP contribution in [0.5, 0.6) is 5.75 Å². The average Bonchev–Trinajstić information content (AvgIpc) is 3.31. The van der Waals surface area contributed by atoms with Crippen LogP contribution in [-0.4, -0.2) is 64.5 Å². The van der Waals surface area contributed by atoms with Crippen LogP contribution in [0.25, 0.3) is 11.0 Å². The van der Waals surface area contributed by atoms with Crippen LogP contribution >= 0.6 is 0 Å². The molecule has 2 heterocycles. The second kappa shape index (κ2) is 13.5. The van der Waals surface area contributed by atoms with Crippen LogP contribution in [0, 0.1) is 0 Å². The number of amidine groups is 1. The summed E-state index contributed by atoms with van der Waals surface area (Å²) in [4.78, 5) is 18.0. The van der Waals surface area contributed by atoms with Gasteiger partial charge in [0.2, 0.25) is 0 Å². The largest absolute Gasteiger partial charge is 0.492 e. The van der Waals surface area contributed by atoms with E-state index in [0.29, 0.717) is 11.1 Å². The van der Waals surface area contributed by atoms with Crippen molar-refractivity contribution in [3.63, 3.8) is 0 Å². The highest BCUT2D eigenvalue weighted by Gasteiger charge is 2.14. The van der Waals surface area contributed by atoms with E-state index in [9.17, 15) is 4.79 Å². The molecule has 0 spiro atoms. The van der Waals surface area contributed by atoms with Gasteiger partial charge >= 0.3 is 5.97 Å². The molecule has 1 fully saturated rings. The number of nitrogens with zero attached hydrogens (tertiary/aromatic N) is 4. The van der Waals surface area contributed by atoms with Gasteiger partial charge in [-0.3, -0.25) is 0 Å². The minimum absolute atomic E-state index is 0.0798. The van der Waals surface area contributed by atoms with Gasteiger partial charge in [0.15, 0.2) is 5.84 Å². The summed E-state index contributed by atoms with van der Waals surface area (Å²) in [6, 6.07) is 20.7. The number of nitrogens with two attached hydrogens (primary N) is 1. The van der Waals surface area contributed by atoms with E-state index in [2.05, 4.69) is 32.5 Å². The smallest absolute Gasteiger partial charge is 0.335 e. The van der Waals surface area contributed by atoms with Gasteiger partial charge in [-0.25, -0.2) is 9.78 Å². The Bertz CT molecular complexity index is 1460. The first-order chi connectivity index (χ1) is 19.4. The molecule has 0 aliphatic carbocycles. The van der Waals surface area contributed by atoms with Crippen LogP contribution < -0.4 is 20.7 Å². The van der Waals surface area contributed by atoms with E-state index in [4.69, 9.17) is 20.8 Å². The van der Waals surface area contributed by atoms with E-state index < -0.39 is 5.97 Å². The molecular formula is C30H36N6O4. The number of aromatic carboxylic acids is 1. The molecule has 0 atom stereocenters. The summed E-state index contributed by atoms with van der Waals surface area (Å²) in [7, 11) is 1.92. The lowest BCUT2D eigenvalue weighted by Crippen LogP contribution is -2.43. The number of fused-ring (bicyclic) bond motifs is 1.